The Labute approximate surface area is 195 Å². The summed E-state index contributed by atoms with van der Waals surface area (Å²) in [5.74, 6) is -1.10. The number of esters is 1. The van der Waals surface area contributed by atoms with Crippen LogP contribution < -0.4 is 11.1 Å². The van der Waals surface area contributed by atoms with E-state index in [2.05, 4.69) is 15.3 Å². The summed E-state index contributed by atoms with van der Waals surface area (Å²) < 4.78 is 31.3. The highest BCUT2D eigenvalue weighted by Crippen LogP contribution is 2.36. The van der Waals surface area contributed by atoms with E-state index in [1.807, 2.05) is 6.92 Å². The SMILES string of the molecule is CCOC(=O)C(NC(N)=O)C(C)c1nc(C)c(-c2ccc(S(C)(=O)=O)c(-n3ccnc3)c2)s1. The number of nitrogens with one attached hydrogen (secondary N) is 1. The third-order valence-corrected chi connectivity index (χ3v) is 7.50. The molecule has 1 aromatic carbocycles. The minimum atomic E-state index is -3.48. The summed E-state index contributed by atoms with van der Waals surface area (Å²) >= 11 is 1.35. The van der Waals surface area contributed by atoms with Gasteiger partial charge in [-0.25, -0.2) is 28.0 Å². The average molecular weight is 492 g/mol. The van der Waals surface area contributed by atoms with Crippen molar-refractivity contribution < 1.29 is 22.7 Å². The maximum Gasteiger partial charge on any atom is 0.329 e. The van der Waals surface area contributed by atoms with Gasteiger partial charge in [-0.15, -0.1) is 11.3 Å². The maximum atomic E-state index is 12.4. The Morgan fingerprint density at radius 3 is 2.64 bits per heavy atom. The molecule has 12 heteroatoms. The van der Waals surface area contributed by atoms with Crippen LogP contribution in [0.5, 0.6) is 0 Å². The number of nitrogens with two attached hydrogens (primary N) is 1. The minimum absolute atomic E-state index is 0.161. The molecule has 0 saturated carbocycles. The normalized spacial score (nSPS) is 13.3. The van der Waals surface area contributed by atoms with Gasteiger partial charge < -0.3 is 20.4 Å². The van der Waals surface area contributed by atoms with Gasteiger partial charge in [0.1, 0.15) is 6.04 Å². The second-order valence-corrected chi connectivity index (χ2v) is 10.4. The van der Waals surface area contributed by atoms with Crippen molar-refractivity contribution in [3.63, 3.8) is 0 Å². The predicted molar refractivity (Wildman–Crippen MR) is 124 cm³/mol. The average Bonchev–Trinajstić information content (AvgIpc) is 3.40. The van der Waals surface area contributed by atoms with E-state index >= 15 is 0 Å². The molecule has 3 aromatic rings. The summed E-state index contributed by atoms with van der Waals surface area (Å²) in [6.07, 6.45) is 5.92. The number of ether oxygens (including phenoxy) is 1. The van der Waals surface area contributed by atoms with Crippen LogP contribution in [0, 0.1) is 6.92 Å². The van der Waals surface area contributed by atoms with Crippen molar-refractivity contribution in [1.29, 1.82) is 0 Å². The highest BCUT2D eigenvalue weighted by Gasteiger charge is 2.31. The summed E-state index contributed by atoms with van der Waals surface area (Å²) in [4.78, 5) is 33.4. The first kappa shape index (κ1) is 24.4. The fourth-order valence-corrected chi connectivity index (χ4v) is 5.38. The monoisotopic (exact) mass is 491 g/mol. The zero-order valence-electron chi connectivity index (χ0n) is 18.6. The molecule has 3 N–H and O–H groups in total. The lowest BCUT2D eigenvalue weighted by Gasteiger charge is -2.20. The predicted octanol–water partition coefficient (Wildman–Crippen LogP) is 2.41. The number of imidazole rings is 1. The molecule has 176 valence electrons. The number of sulfone groups is 1. The van der Waals surface area contributed by atoms with Gasteiger partial charge in [0.25, 0.3) is 0 Å². The van der Waals surface area contributed by atoms with Gasteiger partial charge in [-0.3, -0.25) is 0 Å². The lowest BCUT2D eigenvalue weighted by Crippen LogP contribution is -2.47. The maximum absolute atomic E-state index is 12.4. The molecule has 0 aliphatic carbocycles. The van der Waals surface area contributed by atoms with Crippen LogP contribution in [0.2, 0.25) is 0 Å². The smallest absolute Gasteiger partial charge is 0.329 e. The Bertz CT molecular complexity index is 1270. The molecule has 3 rings (SSSR count). The highest BCUT2D eigenvalue weighted by molar-refractivity contribution is 7.90. The number of carbonyl (C=O) groups is 2. The number of amides is 2. The Hall–Kier alpha value is -3.25. The molecule has 2 aromatic heterocycles. The van der Waals surface area contributed by atoms with E-state index in [1.165, 1.54) is 17.7 Å². The number of benzene rings is 1. The van der Waals surface area contributed by atoms with E-state index in [1.54, 1.807) is 49.0 Å². The molecule has 0 aliphatic rings. The Morgan fingerprint density at radius 1 is 1.33 bits per heavy atom. The first-order valence-electron chi connectivity index (χ1n) is 10.1. The van der Waals surface area contributed by atoms with Gasteiger partial charge in [-0.05, 0) is 31.5 Å². The minimum Gasteiger partial charge on any atom is -0.464 e. The second kappa shape index (κ2) is 9.71. The fraction of sp³-hybridized carbons (Fsp3) is 0.333. The van der Waals surface area contributed by atoms with Crippen LogP contribution in [0.25, 0.3) is 16.1 Å². The van der Waals surface area contributed by atoms with Gasteiger partial charge in [-0.1, -0.05) is 13.0 Å². The Kier molecular flexibility index (Phi) is 7.18. The molecule has 0 aliphatic heterocycles. The molecule has 2 heterocycles. The lowest BCUT2D eigenvalue weighted by molar-refractivity contribution is -0.145. The first-order valence-corrected chi connectivity index (χ1v) is 12.8. The third-order valence-electron chi connectivity index (χ3n) is 4.94. The second-order valence-electron chi connectivity index (χ2n) is 7.42. The van der Waals surface area contributed by atoms with Crippen LogP contribution >= 0.6 is 11.3 Å². The molecule has 33 heavy (non-hydrogen) atoms. The van der Waals surface area contributed by atoms with Gasteiger partial charge in [0, 0.05) is 24.6 Å². The molecule has 2 atom stereocenters. The quantitative estimate of drug-likeness (QED) is 0.460. The number of urea groups is 1. The number of hydrogen-bond donors (Lipinski definition) is 2. The highest BCUT2D eigenvalue weighted by atomic mass is 32.2. The van der Waals surface area contributed by atoms with Crippen LogP contribution in [-0.2, 0) is 19.4 Å². The van der Waals surface area contributed by atoms with Gasteiger partial charge in [0.05, 0.1) is 39.1 Å². The topological polar surface area (TPSA) is 146 Å². The van der Waals surface area contributed by atoms with Crippen molar-refractivity contribution in [3.8, 4) is 16.1 Å². The van der Waals surface area contributed by atoms with E-state index in [0.29, 0.717) is 16.4 Å². The Morgan fingerprint density at radius 2 is 2.06 bits per heavy atom. The van der Waals surface area contributed by atoms with Crippen LogP contribution in [0.4, 0.5) is 4.79 Å². The van der Waals surface area contributed by atoms with E-state index in [9.17, 15) is 18.0 Å². The zero-order chi connectivity index (χ0) is 24.3. The van der Waals surface area contributed by atoms with Gasteiger partial charge in [0.15, 0.2) is 9.84 Å². The number of hydrogen-bond acceptors (Lipinski definition) is 8. The van der Waals surface area contributed by atoms with Gasteiger partial charge in [-0.2, -0.15) is 0 Å². The largest absolute Gasteiger partial charge is 0.464 e. The summed E-state index contributed by atoms with van der Waals surface area (Å²) in [7, 11) is -3.48. The number of carbonyl (C=O) groups excluding carboxylic acids is 2. The summed E-state index contributed by atoms with van der Waals surface area (Å²) in [5, 5.41) is 3.04. The van der Waals surface area contributed by atoms with Crippen LogP contribution in [0.3, 0.4) is 0 Å². The van der Waals surface area contributed by atoms with E-state index in [0.717, 1.165) is 16.7 Å². The standard InChI is InChI=1S/C21H25N5O5S2/c1-5-31-20(27)17(25-21(22)28)12(2)19-24-13(3)18(32-19)14-6-7-16(33(4,29)30)15(10-14)26-9-8-23-11-26/h6-12,17H,5H2,1-4H3,(H3,22,25,28). The molecule has 2 unspecified atom stereocenters. The van der Waals surface area contributed by atoms with Crippen molar-refractivity contribution in [2.75, 3.05) is 12.9 Å². The summed E-state index contributed by atoms with van der Waals surface area (Å²) in [5.41, 5.74) is 7.18. The molecule has 0 radical (unpaired) electrons. The van der Waals surface area contributed by atoms with Crippen molar-refractivity contribution in [2.45, 2.75) is 37.6 Å². The van der Waals surface area contributed by atoms with E-state index in [-0.39, 0.29) is 11.5 Å². The molecule has 0 saturated heterocycles. The molecule has 10 nitrogen and oxygen atoms in total. The van der Waals surface area contributed by atoms with E-state index in [4.69, 9.17) is 10.5 Å². The van der Waals surface area contributed by atoms with Crippen LogP contribution in [0.1, 0.15) is 30.5 Å². The molecule has 2 amide bonds. The zero-order valence-corrected chi connectivity index (χ0v) is 20.2. The van der Waals surface area contributed by atoms with Crippen molar-refractivity contribution in [3.05, 3.63) is 47.6 Å². The number of aryl methyl sites for hydroxylation is 1. The van der Waals surface area contributed by atoms with E-state index < -0.39 is 33.8 Å². The fourth-order valence-electron chi connectivity index (χ4n) is 3.37. The summed E-state index contributed by atoms with van der Waals surface area (Å²) in [6, 6.07) is 3.20. The molecule has 0 spiro atoms. The molecule has 0 bridgehead atoms. The first-order chi connectivity index (χ1) is 15.5. The van der Waals surface area contributed by atoms with Crippen molar-refractivity contribution in [1.82, 2.24) is 19.9 Å². The Balaban J connectivity index is 2.04. The lowest BCUT2D eigenvalue weighted by atomic mass is 10.0. The summed E-state index contributed by atoms with van der Waals surface area (Å²) in [6.45, 7) is 5.41. The van der Waals surface area contributed by atoms with Crippen LogP contribution in [0.15, 0.2) is 41.8 Å². The van der Waals surface area contributed by atoms with Gasteiger partial charge in [0.2, 0.25) is 0 Å². The van der Waals surface area contributed by atoms with Crippen molar-refractivity contribution in [2.24, 2.45) is 5.73 Å². The number of primary amides is 1. The van der Waals surface area contributed by atoms with Crippen molar-refractivity contribution >= 4 is 33.2 Å². The number of nitrogens with zero attached hydrogens (tertiary/aromatic N) is 3. The van der Waals surface area contributed by atoms with Crippen LogP contribution in [-0.4, -0.2) is 53.9 Å². The van der Waals surface area contributed by atoms with Gasteiger partial charge >= 0.3 is 12.0 Å². The number of rotatable bonds is 8. The number of thiazole rings is 1. The molecule has 0 fully saturated rings. The third kappa shape index (κ3) is 5.40. The molecular weight excluding hydrogens is 466 g/mol. The number of aromatic nitrogens is 3. The molecular formula is C21H25N5O5S2.